The van der Waals surface area contributed by atoms with Crippen LogP contribution in [0.2, 0.25) is 0 Å². The number of sulfonamides is 1. The first kappa shape index (κ1) is 21.6. The van der Waals surface area contributed by atoms with Gasteiger partial charge in [-0.1, -0.05) is 66.7 Å². The molecule has 0 radical (unpaired) electrons. The van der Waals surface area contributed by atoms with Gasteiger partial charge in [0.1, 0.15) is 0 Å². The summed E-state index contributed by atoms with van der Waals surface area (Å²) < 4.78 is 28.2. The number of benzene rings is 3. The number of hydrogen-bond acceptors (Lipinski definition) is 3. The highest BCUT2D eigenvalue weighted by Crippen LogP contribution is 2.27. The Bertz CT molecular complexity index is 1320. The summed E-state index contributed by atoms with van der Waals surface area (Å²) in [6.07, 6.45) is 3.56. The van der Waals surface area contributed by atoms with E-state index < -0.39 is 10.0 Å². The minimum atomic E-state index is -3.69. The zero-order valence-corrected chi connectivity index (χ0v) is 19.2. The molecular formula is C27H26N2O3S. The Morgan fingerprint density at radius 1 is 0.788 bits per heavy atom. The van der Waals surface area contributed by atoms with Crippen molar-refractivity contribution in [3.05, 3.63) is 107 Å². The van der Waals surface area contributed by atoms with E-state index in [9.17, 15) is 13.2 Å². The van der Waals surface area contributed by atoms with Crippen LogP contribution in [-0.2, 0) is 23.0 Å². The van der Waals surface area contributed by atoms with Crippen molar-refractivity contribution in [3.8, 4) is 0 Å². The van der Waals surface area contributed by atoms with Crippen molar-refractivity contribution >= 4 is 21.5 Å². The highest BCUT2D eigenvalue weighted by molar-refractivity contribution is 7.89. The van der Waals surface area contributed by atoms with Gasteiger partial charge in [0, 0.05) is 31.7 Å². The molecule has 3 aromatic rings. The molecule has 6 heteroatoms. The second-order valence-electron chi connectivity index (χ2n) is 8.48. The monoisotopic (exact) mass is 458 g/mol. The van der Waals surface area contributed by atoms with Gasteiger partial charge in [-0.25, -0.2) is 8.42 Å². The smallest absolute Gasteiger partial charge is 0.254 e. The quantitative estimate of drug-likeness (QED) is 0.584. The largest absolute Gasteiger partial charge is 0.335 e. The number of fused-ring (bicyclic) bond motifs is 1. The summed E-state index contributed by atoms with van der Waals surface area (Å²) in [5.74, 6) is -0.139. The molecule has 0 spiro atoms. The van der Waals surface area contributed by atoms with Gasteiger partial charge in [0.05, 0.1) is 4.90 Å². The first-order chi connectivity index (χ1) is 16.0. The molecule has 5 nitrogen and oxygen atoms in total. The molecule has 1 amide bonds. The lowest BCUT2D eigenvalue weighted by Gasteiger charge is -2.29. The van der Waals surface area contributed by atoms with Crippen LogP contribution in [0.5, 0.6) is 0 Å². The SMILES string of the molecule is O=C(c1cccc(S(=O)(=O)N2CCc3ccccc3C2)c1)N1CC=C(c2ccccc2)CC1. The van der Waals surface area contributed by atoms with Crippen LogP contribution in [0.4, 0.5) is 0 Å². The zero-order chi connectivity index (χ0) is 22.8. The van der Waals surface area contributed by atoms with Crippen molar-refractivity contribution in [2.45, 2.75) is 24.3 Å². The Hall–Kier alpha value is -3.22. The molecule has 168 valence electrons. The lowest BCUT2D eigenvalue weighted by atomic mass is 9.99. The average Bonchev–Trinajstić information content (AvgIpc) is 2.88. The molecule has 0 saturated heterocycles. The molecule has 0 atom stereocenters. The molecule has 0 aromatic heterocycles. The van der Waals surface area contributed by atoms with E-state index in [-0.39, 0.29) is 10.8 Å². The average molecular weight is 459 g/mol. The minimum Gasteiger partial charge on any atom is -0.335 e. The van der Waals surface area contributed by atoms with Gasteiger partial charge in [-0.3, -0.25) is 4.79 Å². The van der Waals surface area contributed by atoms with Crippen molar-refractivity contribution in [2.75, 3.05) is 19.6 Å². The Morgan fingerprint density at radius 3 is 2.30 bits per heavy atom. The third-order valence-electron chi connectivity index (χ3n) is 6.46. The summed E-state index contributed by atoms with van der Waals surface area (Å²) in [5.41, 5.74) is 5.06. The number of rotatable bonds is 4. The van der Waals surface area contributed by atoms with Crippen molar-refractivity contribution in [3.63, 3.8) is 0 Å². The van der Waals surface area contributed by atoms with E-state index in [1.165, 1.54) is 27.1 Å². The Morgan fingerprint density at radius 2 is 1.55 bits per heavy atom. The van der Waals surface area contributed by atoms with E-state index in [4.69, 9.17) is 0 Å². The maximum absolute atomic E-state index is 13.3. The number of carbonyl (C=O) groups excluding carboxylic acids is 1. The molecule has 2 heterocycles. The summed E-state index contributed by atoms with van der Waals surface area (Å²) in [4.78, 5) is 15.1. The fourth-order valence-electron chi connectivity index (χ4n) is 4.56. The molecule has 2 aliphatic rings. The maximum Gasteiger partial charge on any atom is 0.254 e. The predicted molar refractivity (Wildman–Crippen MR) is 129 cm³/mol. The van der Waals surface area contributed by atoms with E-state index in [2.05, 4.69) is 24.3 Å². The van der Waals surface area contributed by atoms with Gasteiger partial charge >= 0.3 is 0 Å². The summed E-state index contributed by atoms with van der Waals surface area (Å²) in [6.45, 7) is 1.93. The van der Waals surface area contributed by atoms with Crippen molar-refractivity contribution in [2.24, 2.45) is 0 Å². The van der Waals surface area contributed by atoms with Crippen LogP contribution in [0.25, 0.3) is 5.57 Å². The fraction of sp³-hybridized carbons (Fsp3) is 0.222. The maximum atomic E-state index is 13.3. The first-order valence-electron chi connectivity index (χ1n) is 11.2. The van der Waals surface area contributed by atoms with E-state index in [1.807, 2.05) is 36.4 Å². The molecule has 0 saturated carbocycles. The van der Waals surface area contributed by atoms with Gasteiger partial charge in [-0.2, -0.15) is 4.31 Å². The van der Waals surface area contributed by atoms with Crippen LogP contribution in [-0.4, -0.2) is 43.2 Å². The van der Waals surface area contributed by atoms with E-state index in [0.29, 0.717) is 38.2 Å². The van der Waals surface area contributed by atoms with Crippen molar-refractivity contribution in [1.82, 2.24) is 9.21 Å². The fourth-order valence-corrected chi connectivity index (χ4v) is 6.03. The topological polar surface area (TPSA) is 57.7 Å². The molecule has 3 aromatic carbocycles. The Labute approximate surface area is 195 Å². The van der Waals surface area contributed by atoms with Crippen LogP contribution in [0, 0.1) is 0 Å². The summed E-state index contributed by atoms with van der Waals surface area (Å²) in [7, 11) is -3.69. The number of hydrogen-bond donors (Lipinski definition) is 0. The molecule has 0 unspecified atom stereocenters. The zero-order valence-electron chi connectivity index (χ0n) is 18.4. The van der Waals surface area contributed by atoms with Crippen molar-refractivity contribution < 1.29 is 13.2 Å². The lowest BCUT2D eigenvalue weighted by molar-refractivity contribution is 0.0772. The first-order valence-corrected chi connectivity index (χ1v) is 12.7. The lowest BCUT2D eigenvalue weighted by Crippen LogP contribution is -2.36. The van der Waals surface area contributed by atoms with Crippen LogP contribution >= 0.6 is 0 Å². The highest BCUT2D eigenvalue weighted by Gasteiger charge is 2.29. The second-order valence-corrected chi connectivity index (χ2v) is 10.4. The summed E-state index contributed by atoms with van der Waals surface area (Å²) in [6, 6.07) is 24.6. The molecule has 0 N–H and O–H groups in total. The minimum absolute atomic E-state index is 0.139. The van der Waals surface area contributed by atoms with E-state index in [0.717, 1.165) is 12.0 Å². The van der Waals surface area contributed by atoms with Crippen molar-refractivity contribution in [1.29, 1.82) is 0 Å². The normalized spacial score (nSPS) is 16.7. The molecule has 33 heavy (non-hydrogen) atoms. The van der Waals surface area contributed by atoms with Gasteiger partial charge in [0.25, 0.3) is 5.91 Å². The van der Waals surface area contributed by atoms with E-state index >= 15 is 0 Å². The number of amides is 1. The number of carbonyl (C=O) groups is 1. The number of nitrogens with zero attached hydrogens (tertiary/aromatic N) is 2. The molecule has 0 fully saturated rings. The predicted octanol–water partition coefficient (Wildman–Crippen LogP) is 4.36. The van der Waals surface area contributed by atoms with Gasteiger partial charge < -0.3 is 4.90 Å². The Balaban J connectivity index is 1.33. The Kier molecular flexibility index (Phi) is 5.87. The molecular weight excluding hydrogens is 432 g/mol. The van der Waals surface area contributed by atoms with E-state index in [1.54, 1.807) is 23.1 Å². The highest BCUT2D eigenvalue weighted by atomic mass is 32.2. The van der Waals surface area contributed by atoms with Gasteiger partial charge in [-0.05, 0) is 53.3 Å². The van der Waals surface area contributed by atoms with Crippen LogP contribution in [0.15, 0.2) is 89.8 Å². The summed E-state index contributed by atoms with van der Waals surface area (Å²) >= 11 is 0. The molecule has 0 bridgehead atoms. The molecule has 2 aliphatic heterocycles. The van der Waals surface area contributed by atoms with Gasteiger partial charge in [-0.15, -0.1) is 0 Å². The van der Waals surface area contributed by atoms with Crippen LogP contribution < -0.4 is 0 Å². The second kappa shape index (κ2) is 8.96. The van der Waals surface area contributed by atoms with Gasteiger partial charge in [0.2, 0.25) is 10.0 Å². The van der Waals surface area contributed by atoms with Crippen LogP contribution in [0.3, 0.4) is 0 Å². The standard InChI is InChI=1S/C27H26N2O3S/c30-27(28-16-13-23(14-17-28)21-7-2-1-3-8-21)24-11-6-12-26(19-24)33(31,32)29-18-15-22-9-4-5-10-25(22)20-29/h1-13,19H,14-18,20H2. The third kappa shape index (κ3) is 4.36. The summed E-state index contributed by atoms with van der Waals surface area (Å²) in [5, 5.41) is 0. The third-order valence-corrected chi connectivity index (χ3v) is 8.30. The van der Waals surface area contributed by atoms with Gasteiger partial charge in [0.15, 0.2) is 0 Å². The van der Waals surface area contributed by atoms with Crippen LogP contribution in [0.1, 0.15) is 33.5 Å². The molecule has 5 rings (SSSR count). The molecule has 0 aliphatic carbocycles.